The molecule has 4 unspecified atom stereocenters. The summed E-state index contributed by atoms with van der Waals surface area (Å²) in [5.74, 6) is -1.40. The third-order valence-electron chi connectivity index (χ3n) is 6.20. The largest absolute Gasteiger partial charge is 0.480 e. The second-order valence-electron chi connectivity index (χ2n) is 8.45. The molecule has 2 aliphatic heterocycles. The minimum Gasteiger partial charge on any atom is -0.480 e. The summed E-state index contributed by atoms with van der Waals surface area (Å²) in [7, 11) is 0. The molecule has 2 fully saturated rings. The van der Waals surface area contributed by atoms with Crippen LogP contribution in [-0.2, 0) is 25.6 Å². The molecule has 1 aromatic rings. The van der Waals surface area contributed by atoms with E-state index in [4.69, 9.17) is 5.73 Å². The van der Waals surface area contributed by atoms with Crippen LogP contribution in [0.4, 0.5) is 0 Å². The van der Waals surface area contributed by atoms with E-state index in [0.29, 0.717) is 50.9 Å². The molecule has 0 bridgehead atoms. The first-order valence-corrected chi connectivity index (χ1v) is 12.6. The van der Waals surface area contributed by atoms with Crippen LogP contribution >= 0.6 is 11.8 Å². The summed E-state index contributed by atoms with van der Waals surface area (Å²) in [6, 6.07) is -3.19. The van der Waals surface area contributed by atoms with E-state index in [1.165, 1.54) is 17.4 Å². The zero-order chi connectivity index (χ0) is 24.0. The van der Waals surface area contributed by atoms with Gasteiger partial charge in [0.05, 0.1) is 12.4 Å². The number of amides is 3. The maximum atomic E-state index is 13.4. The van der Waals surface area contributed by atoms with E-state index in [-0.39, 0.29) is 18.2 Å². The Balaban J connectivity index is 1.65. The standard InChI is InChI=1S/C21H32N6O5S/c1-33-9-6-14(22)19(29)27-8-3-5-17(27)20(30)26-7-2-4-16(26)18(28)25-15(21(31)32)10-13-11-23-12-24-13/h11-12,14-17H,2-10,22H2,1H3,(H,23,24)(H,25,28)(H,31,32). The summed E-state index contributed by atoms with van der Waals surface area (Å²) < 4.78 is 0. The highest BCUT2D eigenvalue weighted by atomic mass is 32.2. The number of imidazole rings is 1. The Morgan fingerprint density at radius 1 is 1.24 bits per heavy atom. The molecule has 0 aliphatic carbocycles. The van der Waals surface area contributed by atoms with Gasteiger partial charge < -0.3 is 30.9 Å². The minimum atomic E-state index is -1.17. The van der Waals surface area contributed by atoms with Crippen LogP contribution in [0.25, 0.3) is 0 Å². The molecule has 12 heteroatoms. The van der Waals surface area contributed by atoms with Crippen molar-refractivity contribution in [2.24, 2.45) is 5.73 Å². The van der Waals surface area contributed by atoms with Gasteiger partial charge in [-0.15, -0.1) is 0 Å². The SMILES string of the molecule is CSCCC(N)C(=O)N1CCCC1C(=O)N1CCCC1C(=O)NC(Cc1cnc[nH]1)C(=O)O. The summed E-state index contributed by atoms with van der Waals surface area (Å²) >= 11 is 1.61. The highest BCUT2D eigenvalue weighted by molar-refractivity contribution is 7.98. The van der Waals surface area contributed by atoms with Gasteiger partial charge in [-0.05, 0) is 44.1 Å². The molecule has 0 aromatic carbocycles. The van der Waals surface area contributed by atoms with Crippen molar-refractivity contribution in [2.45, 2.75) is 62.7 Å². The van der Waals surface area contributed by atoms with Gasteiger partial charge in [0.2, 0.25) is 17.7 Å². The number of nitrogens with zero attached hydrogens (tertiary/aromatic N) is 3. The number of hydrogen-bond donors (Lipinski definition) is 4. The molecule has 4 atom stereocenters. The van der Waals surface area contributed by atoms with Crippen molar-refractivity contribution in [3.05, 3.63) is 18.2 Å². The summed E-state index contributed by atoms with van der Waals surface area (Å²) in [5.41, 5.74) is 6.64. The average Bonchev–Trinajstić information content (AvgIpc) is 3.56. The molecule has 2 saturated heterocycles. The first-order valence-electron chi connectivity index (χ1n) is 11.2. The molecule has 182 valence electrons. The number of carboxylic acid groups (broad SMARTS) is 1. The van der Waals surface area contributed by atoms with Crippen molar-refractivity contribution in [2.75, 3.05) is 25.1 Å². The number of aromatic nitrogens is 2. The first-order chi connectivity index (χ1) is 15.8. The summed E-state index contributed by atoms with van der Waals surface area (Å²) in [5, 5.41) is 12.1. The van der Waals surface area contributed by atoms with Gasteiger partial charge >= 0.3 is 5.97 Å². The van der Waals surface area contributed by atoms with Crippen molar-refractivity contribution < 1.29 is 24.3 Å². The molecule has 11 nitrogen and oxygen atoms in total. The number of likely N-dealkylation sites (tertiary alicyclic amines) is 2. The zero-order valence-electron chi connectivity index (χ0n) is 18.7. The van der Waals surface area contributed by atoms with Crippen molar-refractivity contribution >= 4 is 35.5 Å². The molecule has 3 amide bonds. The number of aromatic amines is 1. The minimum absolute atomic E-state index is 0.0561. The lowest BCUT2D eigenvalue weighted by atomic mass is 10.1. The molecular formula is C21H32N6O5S. The Bertz CT molecular complexity index is 850. The van der Waals surface area contributed by atoms with Gasteiger partial charge in [0, 0.05) is 31.4 Å². The van der Waals surface area contributed by atoms with Crippen LogP contribution < -0.4 is 11.1 Å². The monoisotopic (exact) mass is 480 g/mol. The summed E-state index contributed by atoms with van der Waals surface area (Å²) in [6.45, 7) is 0.866. The molecule has 0 spiro atoms. The smallest absolute Gasteiger partial charge is 0.326 e. The van der Waals surface area contributed by atoms with Gasteiger partial charge in [-0.1, -0.05) is 0 Å². The normalized spacial score (nSPS) is 22.2. The third-order valence-corrected chi connectivity index (χ3v) is 6.85. The number of nitrogens with one attached hydrogen (secondary N) is 2. The quantitative estimate of drug-likeness (QED) is 0.351. The third kappa shape index (κ3) is 6.05. The Morgan fingerprint density at radius 3 is 2.58 bits per heavy atom. The molecule has 1 aromatic heterocycles. The van der Waals surface area contributed by atoms with E-state index in [0.717, 1.165) is 5.75 Å². The van der Waals surface area contributed by atoms with Crippen LogP contribution in [0.2, 0.25) is 0 Å². The predicted molar refractivity (Wildman–Crippen MR) is 122 cm³/mol. The number of nitrogens with two attached hydrogens (primary N) is 1. The molecule has 0 radical (unpaired) electrons. The number of hydrogen-bond acceptors (Lipinski definition) is 7. The predicted octanol–water partition coefficient (Wildman–Crippen LogP) is -0.416. The number of carboxylic acids is 1. The van der Waals surface area contributed by atoms with Gasteiger partial charge in [-0.25, -0.2) is 9.78 Å². The molecular weight excluding hydrogens is 448 g/mol. The number of rotatable bonds is 10. The van der Waals surface area contributed by atoms with E-state index in [2.05, 4.69) is 15.3 Å². The summed E-state index contributed by atoms with van der Waals surface area (Å²) in [6.07, 6.45) is 7.80. The Hall–Kier alpha value is -2.60. The Labute approximate surface area is 196 Å². The fourth-order valence-corrected chi connectivity index (χ4v) is 4.94. The van der Waals surface area contributed by atoms with Crippen LogP contribution in [0, 0.1) is 0 Å². The molecule has 3 rings (SSSR count). The topological polar surface area (TPSA) is 162 Å². The van der Waals surface area contributed by atoms with E-state index in [1.54, 1.807) is 16.7 Å². The van der Waals surface area contributed by atoms with E-state index >= 15 is 0 Å². The highest BCUT2D eigenvalue weighted by Gasteiger charge is 2.43. The van der Waals surface area contributed by atoms with Gasteiger partial charge in [-0.3, -0.25) is 14.4 Å². The van der Waals surface area contributed by atoms with Crippen molar-refractivity contribution in [3.63, 3.8) is 0 Å². The number of aliphatic carboxylic acids is 1. The molecule has 2 aliphatic rings. The lowest BCUT2D eigenvalue weighted by Crippen LogP contribution is -2.56. The number of carbonyl (C=O) groups is 4. The van der Waals surface area contributed by atoms with Crippen LogP contribution in [0.15, 0.2) is 12.5 Å². The van der Waals surface area contributed by atoms with Gasteiger partial charge in [0.1, 0.15) is 18.1 Å². The van der Waals surface area contributed by atoms with Gasteiger partial charge in [0.15, 0.2) is 0 Å². The van der Waals surface area contributed by atoms with Gasteiger partial charge in [-0.2, -0.15) is 11.8 Å². The second kappa shape index (κ2) is 11.5. The molecule has 0 saturated carbocycles. The first kappa shape index (κ1) is 25.0. The number of carbonyl (C=O) groups excluding carboxylic acids is 3. The Kier molecular flexibility index (Phi) is 8.73. The molecule has 5 N–H and O–H groups in total. The van der Waals surface area contributed by atoms with Crippen LogP contribution in [0.1, 0.15) is 37.8 Å². The van der Waals surface area contributed by atoms with Crippen LogP contribution in [0.5, 0.6) is 0 Å². The fourth-order valence-electron chi connectivity index (χ4n) is 4.45. The van der Waals surface area contributed by atoms with Crippen LogP contribution in [0.3, 0.4) is 0 Å². The van der Waals surface area contributed by atoms with E-state index in [1.807, 2.05) is 6.26 Å². The van der Waals surface area contributed by atoms with E-state index in [9.17, 15) is 24.3 Å². The Morgan fingerprint density at radius 2 is 1.94 bits per heavy atom. The lowest BCUT2D eigenvalue weighted by Gasteiger charge is -2.32. The van der Waals surface area contributed by atoms with Crippen molar-refractivity contribution in [3.8, 4) is 0 Å². The second-order valence-corrected chi connectivity index (χ2v) is 9.43. The molecule has 3 heterocycles. The number of H-pyrrole nitrogens is 1. The maximum Gasteiger partial charge on any atom is 0.326 e. The lowest BCUT2D eigenvalue weighted by molar-refractivity contribution is -0.148. The average molecular weight is 481 g/mol. The van der Waals surface area contributed by atoms with E-state index < -0.39 is 36.0 Å². The van der Waals surface area contributed by atoms with Crippen molar-refractivity contribution in [1.29, 1.82) is 0 Å². The summed E-state index contributed by atoms with van der Waals surface area (Å²) in [4.78, 5) is 60.6. The van der Waals surface area contributed by atoms with Gasteiger partial charge in [0.25, 0.3) is 0 Å². The number of thioether (sulfide) groups is 1. The maximum absolute atomic E-state index is 13.4. The van der Waals surface area contributed by atoms with Crippen molar-refractivity contribution in [1.82, 2.24) is 25.1 Å². The molecule has 33 heavy (non-hydrogen) atoms. The zero-order valence-corrected chi connectivity index (χ0v) is 19.6. The van der Waals surface area contributed by atoms with Crippen LogP contribution in [-0.4, -0.2) is 97.8 Å². The highest BCUT2D eigenvalue weighted by Crippen LogP contribution is 2.26. The fraction of sp³-hybridized carbons (Fsp3) is 0.667.